The van der Waals surface area contributed by atoms with Gasteiger partial charge in [0.05, 0.1) is 5.41 Å². The highest BCUT2D eigenvalue weighted by atomic mass is 16.5. The molecule has 0 rings (SSSR count). The molecule has 0 heterocycles. The van der Waals surface area contributed by atoms with E-state index in [1.807, 2.05) is 6.92 Å². The van der Waals surface area contributed by atoms with Crippen molar-refractivity contribution < 1.29 is 19.1 Å². The van der Waals surface area contributed by atoms with Gasteiger partial charge in [-0.05, 0) is 20.3 Å². The molecule has 1 N–H and O–H groups in total. The van der Waals surface area contributed by atoms with Gasteiger partial charge in [0, 0.05) is 7.11 Å². The van der Waals surface area contributed by atoms with Crippen molar-refractivity contribution in [2.45, 2.75) is 27.2 Å². The maximum Gasteiger partial charge on any atom is 0.312 e. The standard InChI is InChI=1S/C10H19NO4/c1-5-10(2,3)9(13)15-6-8(12)11-7-14-4/h5-7H2,1-4H3,(H,11,12). The molecule has 5 nitrogen and oxygen atoms in total. The molecule has 88 valence electrons. The lowest BCUT2D eigenvalue weighted by Gasteiger charge is -2.19. The van der Waals surface area contributed by atoms with Crippen molar-refractivity contribution in [1.82, 2.24) is 5.32 Å². The van der Waals surface area contributed by atoms with Gasteiger partial charge in [-0.2, -0.15) is 0 Å². The molecular formula is C10H19NO4. The number of nitrogens with one attached hydrogen (secondary N) is 1. The SMILES string of the molecule is CCC(C)(C)C(=O)OCC(=O)NCOC. The average molecular weight is 217 g/mol. The third kappa shape index (κ3) is 5.37. The number of amides is 1. The Balaban J connectivity index is 3.85. The number of carbonyl (C=O) groups excluding carboxylic acids is 2. The van der Waals surface area contributed by atoms with E-state index in [1.165, 1.54) is 7.11 Å². The van der Waals surface area contributed by atoms with Crippen molar-refractivity contribution in [2.24, 2.45) is 5.41 Å². The predicted octanol–water partition coefficient (Wildman–Crippen LogP) is 0.686. The molecule has 0 bridgehead atoms. The summed E-state index contributed by atoms with van der Waals surface area (Å²) < 4.78 is 9.49. The van der Waals surface area contributed by atoms with Crippen molar-refractivity contribution in [1.29, 1.82) is 0 Å². The minimum absolute atomic E-state index is 0.119. The van der Waals surface area contributed by atoms with Crippen LogP contribution in [0, 0.1) is 5.41 Å². The molecule has 0 aliphatic rings. The lowest BCUT2D eigenvalue weighted by molar-refractivity contribution is -0.157. The fraction of sp³-hybridized carbons (Fsp3) is 0.800. The van der Waals surface area contributed by atoms with Crippen LogP contribution in [-0.4, -0.2) is 32.3 Å². The highest BCUT2D eigenvalue weighted by molar-refractivity contribution is 5.82. The third-order valence-electron chi connectivity index (χ3n) is 2.18. The second kappa shape index (κ2) is 6.40. The van der Waals surface area contributed by atoms with Gasteiger partial charge >= 0.3 is 5.97 Å². The number of hydrogen-bond donors (Lipinski definition) is 1. The van der Waals surface area contributed by atoms with E-state index in [2.05, 4.69) is 10.1 Å². The lowest BCUT2D eigenvalue weighted by atomic mass is 9.91. The van der Waals surface area contributed by atoms with Gasteiger partial charge in [-0.1, -0.05) is 6.92 Å². The predicted molar refractivity (Wildman–Crippen MR) is 55.0 cm³/mol. The highest BCUT2D eigenvalue weighted by Gasteiger charge is 2.27. The molecule has 0 fully saturated rings. The Morgan fingerprint density at radius 1 is 1.33 bits per heavy atom. The third-order valence-corrected chi connectivity index (χ3v) is 2.18. The quantitative estimate of drug-likeness (QED) is 0.525. The van der Waals surface area contributed by atoms with E-state index in [-0.39, 0.29) is 25.2 Å². The van der Waals surface area contributed by atoms with E-state index in [1.54, 1.807) is 13.8 Å². The average Bonchev–Trinajstić information content (AvgIpc) is 2.22. The Kier molecular flexibility index (Phi) is 5.93. The summed E-state index contributed by atoms with van der Waals surface area (Å²) in [5.41, 5.74) is -0.540. The van der Waals surface area contributed by atoms with Crippen molar-refractivity contribution in [3.8, 4) is 0 Å². The van der Waals surface area contributed by atoms with Crippen LogP contribution in [0.25, 0.3) is 0 Å². The molecule has 0 aromatic rings. The van der Waals surface area contributed by atoms with Gasteiger partial charge < -0.3 is 14.8 Å². The van der Waals surface area contributed by atoms with E-state index < -0.39 is 5.41 Å². The van der Waals surface area contributed by atoms with E-state index in [0.29, 0.717) is 6.42 Å². The van der Waals surface area contributed by atoms with Gasteiger partial charge in [0.25, 0.3) is 5.91 Å². The number of ether oxygens (including phenoxy) is 2. The van der Waals surface area contributed by atoms with Gasteiger partial charge in [-0.25, -0.2) is 0 Å². The number of hydrogen-bond acceptors (Lipinski definition) is 4. The summed E-state index contributed by atoms with van der Waals surface area (Å²) in [6.45, 7) is 5.32. The molecule has 0 unspecified atom stereocenters. The first-order chi connectivity index (χ1) is 6.94. The summed E-state index contributed by atoms with van der Waals surface area (Å²) in [5.74, 6) is -0.727. The fourth-order valence-electron chi connectivity index (χ4n) is 0.674. The number of rotatable bonds is 6. The first-order valence-corrected chi connectivity index (χ1v) is 4.87. The van der Waals surface area contributed by atoms with Gasteiger partial charge in [-0.15, -0.1) is 0 Å². The Bertz CT molecular complexity index is 225. The second-order valence-corrected chi connectivity index (χ2v) is 3.85. The van der Waals surface area contributed by atoms with Crippen LogP contribution in [-0.2, 0) is 19.1 Å². The number of esters is 1. The molecule has 5 heteroatoms. The Morgan fingerprint density at radius 2 is 1.93 bits per heavy atom. The summed E-state index contributed by atoms with van der Waals surface area (Å²) in [5, 5.41) is 2.42. The molecule has 0 saturated heterocycles. The zero-order chi connectivity index (χ0) is 11.9. The summed E-state index contributed by atoms with van der Waals surface area (Å²) in [4.78, 5) is 22.5. The maximum absolute atomic E-state index is 11.4. The molecule has 0 radical (unpaired) electrons. The topological polar surface area (TPSA) is 64.6 Å². The zero-order valence-corrected chi connectivity index (χ0v) is 9.75. The molecule has 15 heavy (non-hydrogen) atoms. The number of carbonyl (C=O) groups is 2. The van der Waals surface area contributed by atoms with E-state index in [4.69, 9.17) is 4.74 Å². The van der Waals surface area contributed by atoms with E-state index in [0.717, 1.165) is 0 Å². The van der Waals surface area contributed by atoms with Crippen LogP contribution >= 0.6 is 0 Å². The molecule has 0 aromatic heterocycles. The molecule has 0 aliphatic carbocycles. The maximum atomic E-state index is 11.4. The summed E-state index contributed by atoms with van der Waals surface area (Å²) >= 11 is 0. The monoisotopic (exact) mass is 217 g/mol. The highest BCUT2D eigenvalue weighted by Crippen LogP contribution is 2.21. The van der Waals surface area contributed by atoms with Crippen molar-refractivity contribution in [2.75, 3.05) is 20.4 Å². The molecule has 1 amide bonds. The van der Waals surface area contributed by atoms with E-state index >= 15 is 0 Å². The summed E-state index contributed by atoms with van der Waals surface area (Å²) in [7, 11) is 1.46. The van der Waals surface area contributed by atoms with Gasteiger partial charge in [0.15, 0.2) is 6.61 Å². The van der Waals surface area contributed by atoms with Crippen LogP contribution in [0.1, 0.15) is 27.2 Å². The molecule has 0 atom stereocenters. The van der Waals surface area contributed by atoms with Crippen LogP contribution in [0.15, 0.2) is 0 Å². The number of methoxy groups -OCH3 is 1. The van der Waals surface area contributed by atoms with Crippen molar-refractivity contribution in [3.63, 3.8) is 0 Å². The largest absolute Gasteiger partial charge is 0.455 e. The van der Waals surface area contributed by atoms with Crippen LogP contribution in [0.4, 0.5) is 0 Å². The van der Waals surface area contributed by atoms with Crippen molar-refractivity contribution in [3.05, 3.63) is 0 Å². The first-order valence-electron chi connectivity index (χ1n) is 4.87. The zero-order valence-electron chi connectivity index (χ0n) is 9.75. The molecule has 0 spiro atoms. The Labute approximate surface area is 90.1 Å². The summed E-state index contributed by atoms with van der Waals surface area (Å²) in [6, 6.07) is 0. The molecule has 0 aromatic carbocycles. The van der Waals surface area contributed by atoms with Crippen LogP contribution in [0.2, 0.25) is 0 Å². The Hall–Kier alpha value is -1.10. The van der Waals surface area contributed by atoms with Crippen LogP contribution in [0.5, 0.6) is 0 Å². The molecule has 0 saturated carbocycles. The summed E-state index contributed by atoms with van der Waals surface area (Å²) in [6.07, 6.45) is 0.672. The fourth-order valence-corrected chi connectivity index (χ4v) is 0.674. The van der Waals surface area contributed by atoms with Crippen LogP contribution < -0.4 is 5.32 Å². The minimum atomic E-state index is -0.540. The van der Waals surface area contributed by atoms with Gasteiger partial charge in [0.1, 0.15) is 6.73 Å². The molecular weight excluding hydrogens is 198 g/mol. The van der Waals surface area contributed by atoms with Crippen LogP contribution in [0.3, 0.4) is 0 Å². The molecule has 0 aliphatic heterocycles. The van der Waals surface area contributed by atoms with E-state index in [9.17, 15) is 9.59 Å². The smallest absolute Gasteiger partial charge is 0.312 e. The van der Waals surface area contributed by atoms with Gasteiger partial charge in [-0.3, -0.25) is 9.59 Å². The van der Waals surface area contributed by atoms with Gasteiger partial charge in [0.2, 0.25) is 0 Å². The lowest BCUT2D eigenvalue weighted by Crippen LogP contribution is -2.33. The Morgan fingerprint density at radius 3 is 2.40 bits per heavy atom. The normalized spacial score (nSPS) is 10.9. The van der Waals surface area contributed by atoms with Crippen molar-refractivity contribution >= 4 is 11.9 Å². The second-order valence-electron chi connectivity index (χ2n) is 3.85. The first kappa shape index (κ1) is 13.9. The minimum Gasteiger partial charge on any atom is -0.455 e.